The predicted octanol–water partition coefficient (Wildman–Crippen LogP) is 3.42. The Morgan fingerprint density at radius 3 is 2.74 bits per heavy atom. The van der Waals surface area contributed by atoms with E-state index >= 15 is 0 Å². The van der Waals surface area contributed by atoms with Crippen molar-refractivity contribution < 1.29 is 4.79 Å². The lowest BCUT2D eigenvalue weighted by atomic mass is 9.98. The van der Waals surface area contributed by atoms with Crippen molar-refractivity contribution in [3.63, 3.8) is 0 Å². The molecule has 0 aromatic carbocycles. The van der Waals surface area contributed by atoms with Crippen LogP contribution in [0.15, 0.2) is 6.20 Å². The molecule has 1 aromatic heterocycles. The first kappa shape index (κ1) is 12.0. The Labute approximate surface area is 118 Å². The smallest absolute Gasteiger partial charge is 0.186 e. The van der Waals surface area contributed by atoms with Crippen LogP contribution in [0.3, 0.4) is 0 Å². The number of hydrogen-bond donors (Lipinski definition) is 0. The fraction of sp³-hybridized carbons (Fsp3) is 0.733. The van der Waals surface area contributed by atoms with Crippen LogP contribution in [0.1, 0.15) is 43.1 Å². The van der Waals surface area contributed by atoms with Crippen molar-refractivity contribution in [3.8, 4) is 0 Å². The Kier molecular flexibility index (Phi) is 2.57. The standard InChI is InChI=1S/C15H19ClN2O/c1-2-5-18-14(10(16)7-17-18)15(19)13-11-8-3-4-9(6-8)12(11)13/h7-9,11-13H,2-6H2,1H3. The molecule has 1 aromatic rings. The number of fused-ring (bicyclic) bond motifs is 5. The minimum absolute atomic E-state index is 0.260. The minimum atomic E-state index is 0.260. The number of carbonyl (C=O) groups is 1. The second kappa shape index (κ2) is 4.08. The highest BCUT2D eigenvalue weighted by atomic mass is 35.5. The van der Waals surface area contributed by atoms with Gasteiger partial charge in [0.25, 0.3) is 0 Å². The van der Waals surface area contributed by atoms with Crippen LogP contribution in [-0.4, -0.2) is 15.6 Å². The fourth-order valence-electron chi connectivity index (χ4n) is 4.82. The molecule has 0 aliphatic heterocycles. The number of hydrogen-bond acceptors (Lipinski definition) is 2. The lowest BCUT2D eigenvalue weighted by Gasteiger charge is -2.10. The van der Waals surface area contributed by atoms with E-state index in [4.69, 9.17) is 11.6 Å². The summed E-state index contributed by atoms with van der Waals surface area (Å²) >= 11 is 6.19. The Morgan fingerprint density at radius 2 is 2.11 bits per heavy atom. The Bertz CT molecular complexity index is 522. The van der Waals surface area contributed by atoms with Crippen molar-refractivity contribution in [2.45, 2.75) is 39.2 Å². The monoisotopic (exact) mass is 278 g/mol. The third-order valence-electron chi connectivity index (χ3n) is 5.50. The minimum Gasteiger partial charge on any atom is -0.292 e. The highest BCUT2D eigenvalue weighted by Crippen LogP contribution is 2.70. The van der Waals surface area contributed by atoms with Crippen LogP contribution < -0.4 is 0 Å². The van der Waals surface area contributed by atoms with E-state index in [9.17, 15) is 4.79 Å². The molecule has 3 fully saturated rings. The molecule has 3 aliphatic rings. The van der Waals surface area contributed by atoms with Crippen LogP contribution in [0.4, 0.5) is 0 Å². The molecule has 3 nitrogen and oxygen atoms in total. The lowest BCUT2D eigenvalue weighted by Crippen LogP contribution is -2.16. The molecule has 3 saturated carbocycles. The summed E-state index contributed by atoms with van der Waals surface area (Å²) < 4.78 is 1.81. The van der Waals surface area contributed by atoms with Crippen molar-refractivity contribution in [1.82, 2.24) is 9.78 Å². The summed E-state index contributed by atoms with van der Waals surface area (Å²) in [7, 11) is 0. The maximum atomic E-state index is 12.8. The van der Waals surface area contributed by atoms with Gasteiger partial charge in [-0.15, -0.1) is 0 Å². The fourth-order valence-corrected chi connectivity index (χ4v) is 5.06. The number of nitrogens with zero attached hydrogens (tertiary/aromatic N) is 2. The first-order chi connectivity index (χ1) is 9.22. The number of rotatable bonds is 4. The van der Waals surface area contributed by atoms with Gasteiger partial charge in [-0.2, -0.15) is 5.10 Å². The van der Waals surface area contributed by atoms with E-state index in [-0.39, 0.29) is 11.7 Å². The molecule has 19 heavy (non-hydrogen) atoms. The molecule has 0 radical (unpaired) electrons. The molecule has 1 heterocycles. The van der Waals surface area contributed by atoms with Crippen LogP contribution >= 0.6 is 11.6 Å². The van der Waals surface area contributed by atoms with E-state index in [0.29, 0.717) is 22.6 Å². The predicted molar refractivity (Wildman–Crippen MR) is 73.2 cm³/mol. The Balaban J connectivity index is 1.61. The van der Waals surface area contributed by atoms with Gasteiger partial charge in [0.05, 0.1) is 11.2 Å². The second-order valence-corrected chi connectivity index (χ2v) is 6.85. The zero-order chi connectivity index (χ0) is 13.1. The lowest BCUT2D eigenvalue weighted by molar-refractivity contribution is 0.0933. The van der Waals surface area contributed by atoms with Crippen molar-refractivity contribution in [2.75, 3.05) is 0 Å². The number of Topliss-reactive ketones (excluding diaryl/α,β-unsaturated/α-hetero) is 1. The Morgan fingerprint density at radius 1 is 1.42 bits per heavy atom. The molecular weight excluding hydrogens is 260 g/mol. The van der Waals surface area contributed by atoms with E-state index in [2.05, 4.69) is 12.0 Å². The van der Waals surface area contributed by atoms with Crippen LogP contribution in [0.5, 0.6) is 0 Å². The van der Waals surface area contributed by atoms with Gasteiger partial charge in [-0.25, -0.2) is 0 Å². The maximum absolute atomic E-state index is 12.8. The van der Waals surface area contributed by atoms with Crippen molar-refractivity contribution >= 4 is 17.4 Å². The average molecular weight is 279 g/mol. The Hall–Kier alpha value is -0.830. The normalized spacial score (nSPS) is 38.5. The molecule has 4 rings (SSSR count). The molecule has 4 atom stereocenters. The first-order valence-electron chi connectivity index (χ1n) is 7.48. The third-order valence-corrected chi connectivity index (χ3v) is 5.78. The second-order valence-electron chi connectivity index (χ2n) is 6.44. The number of carbonyl (C=O) groups excluding carboxylic acids is 1. The number of ketones is 1. The molecule has 102 valence electrons. The van der Waals surface area contributed by atoms with E-state index in [1.165, 1.54) is 19.3 Å². The number of aromatic nitrogens is 2. The third kappa shape index (κ3) is 1.57. The summed E-state index contributed by atoms with van der Waals surface area (Å²) in [4.78, 5) is 12.8. The topological polar surface area (TPSA) is 34.9 Å². The summed E-state index contributed by atoms with van der Waals surface area (Å²) in [5.41, 5.74) is 0.669. The number of aryl methyl sites for hydroxylation is 1. The molecule has 0 amide bonds. The van der Waals surface area contributed by atoms with Crippen LogP contribution in [0.25, 0.3) is 0 Å². The van der Waals surface area contributed by atoms with Crippen molar-refractivity contribution in [2.24, 2.45) is 29.6 Å². The zero-order valence-corrected chi connectivity index (χ0v) is 11.9. The molecular formula is C15H19ClN2O. The van der Waals surface area contributed by atoms with Gasteiger partial charge in [-0.1, -0.05) is 18.5 Å². The highest BCUT2D eigenvalue weighted by Gasteiger charge is 2.67. The van der Waals surface area contributed by atoms with Gasteiger partial charge in [0, 0.05) is 12.5 Å². The maximum Gasteiger partial charge on any atom is 0.186 e. The van der Waals surface area contributed by atoms with Gasteiger partial charge >= 0.3 is 0 Å². The van der Waals surface area contributed by atoms with Gasteiger partial charge in [0.1, 0.15) is 5.69 Å². The highest BCUT2D eigenvalue weighted by molar-refractivity contribution is 6.33. The average Bonchev–Trinajstić information content (AvgIpc) is 2.71. The zero-order valence-electron chi connectivity index (χ0n) is 11.2. The van der Waals surface area contributed by atoms with Crippen LogP contribution in [0, 0.1) is 29.6 Å². The van der Waals surface area contributed by atoms with Crippen LogP contribution in [0.2, 0.25) is 5.02 Å². The number of halogens is 1. The van der Waals surface area contributed by atoms with Crippen molar-refractivity contribution in [1.29, 1.82) is 0 Å². The van der Waals surface area contributed by atoms with E-state index in [1.807, 2.05) is 0 Å². The summed E-state index contributed by atoms with van der Waals surface area (Å²) in [5, 5.41) is 4.79. The molecule has 0 N–H and O–H groups in total. The molecule has 4 unspecified atom stereocenters. The van der Waals surface area contributed by atoms with Gasteiger partial charge in [0.15, 0.2) is 5.78 Å². The summed E-state index contributed by atoms with van der Waals surface area (Å²) in [6.07, 6.45) is 6.66. The molecule has 3 aliphatic carbocycles. The summed E-state index contributed by atoms with van der Waals surface area (Å²) in [5.74, 6) is 3.52. The van der Waals surface area contributed by atoms with Gasteiger partial charge in [-0.3, -0.25) is 9.48 Å². The van der Waals surface area contributed by atoms with Gasteiger partial charge in [0.2, 0.25) is 0 Å². The summed E-state index contributed by atoms with van der Waals surface area (Å²) in [6, 6.07) is 0. The molecule has 0 saturated heterocycles. The molecule has 0 spiro atoms. The molecule has 4 heteroatoms. The first-order valence-corrected chi connectivity index (χ1v) is 7.85. The van der Waals surface area contributed by atoms with Crippen molar-refractivity contribution in [3.05, 3.63) is 16.9 Å². The largest absolute Gasteiger partial charge is 0.292 e. The van der Waals surface area contributed by atoms with E-state index < -0.39 is 0 Å². The SMILES string of the molecule is CCCn1ncc(Cl)c1C(=O)C1C2C3CCC(C3)C12. The van der Waals surface area contributed by atoms with E-state index in [1.54, 1.807) is 10.9 Å². The van der Waals surface area contributed by atoms with Gasteiger partial charge in [-0.05, 0) is 49.4 Å². The van der Waals surface area contributed by atoms with E-state index in [0.717, 1.165) is 24.8 Å². The summed E-state index contributed by atoms with van der Waals surface area (Å²) in [6.45, 7) is 2.87. The molecule has 2 bridgehead atoms. The quantitative estimate of drug-likeness (QED) is 0.791. The van der Waals surface area contributed by atoms with Crippen LogP contribution in [-0.2, 0) is 6.54 Å². The van der Waals surface area contributed by atoms with Gasteiger partial charge < -0.3 is 0 Å².